The second kappa shape index (κ2) is 10.5. The lowest BCUT2D eigenvalue weighted by molar-refractivity contribution is -0.385. The Morgan fingerprint density at radius 3 is 2.43 bits per heavy atom. The molecule has 7 nitrogen and oxygen atoms in total. The molecule has 0 aromatic heterocycles. The maximum Gasteiger partial charge on any atom is 0.273 e. The van der Waals surface area contributed by atoms with Gasteiger partial charge in [-0.1, -0.05) is 42.5 Å². The van der Waals surface area contributed by atoms with E-state index in [2.05, 4.69) is 23.1 Å². The fourth-order valence-electron chi connectivity index (χ4n) is 4.46. The second-order valence-electron chi connectivity index (χ2n) is 7.62. The van der Waals surface area contributed by atoms with Crippen LogP contribution in [0.2, 0.25) is 0 Å². The van der Waals surface area contributed by atoms with Gasteiger partial charge in [0.05, 0.1) is 17.4 Å². The van der Waals surface area contributed by atoms with Crippen molar-refractivity contribution in [1.29, 1.82) is 0 Å². The third-order valence-corrected chi connectivity index (χ3v) is 5.89. The van der Waals surface area contributed by atoms with Crippen molar-refractivity contribution in [2.45, 2.75) is 31.7 Å². The van der Waals surface area contributed by atoms with Gasteiger partial charge in [-0.25, -0.2) is 0 Å². The van der Waals surface area contributed by atoms with Crippen LogP contribution >= 0.6 is 12.4 Å². The number of likely N-dealkylation sites (tertiary alicyclic amines) is 1. The normalized spacial score (nSPS) is 18.1. The van der Waals surface area contributed by atoms with Crippen LogP contribution in [0.15, 0.2) is 48.5 Å². The van der Waals surface area contributed by atoms with Gasteiger partial charge in [0, 0.05) is 24.7 Å². The number of fused-ring (bicyclic) bond motifs is 1. The fraction of sp³-hybridized carbons (Fsp3) is 0.409. The van der Waals surface area contributed by atoms with Crippen molar-refractivity contribution in [2.75, 3.05) is 26.2 Å². The molecule has 162 valence electrons. The number of amides is 1. The van der Waals surface area contributed by atoms with Crippen molar-refractivity contribution >= 4 is 24.0 Å². The number of benzene rings is 2. The molecule has 30 heavy (non-hydrogen) atoms. The van der Waals surface area contributed by atoms with Gasteiger partial charge in [0.15, 0.2) is 0 Å². The zero-order valence-corrected chi connectivity index (χ0v) is 17.6. The lowest BCUT2D eigenvalue weighted by atomic mass is 9.91. The van der Waals surface area contributed by atoms with Crippen molar-refractivity contribution in [3.05, 3.63) is 75.3 Å². The Balaban J connectivity index is 0.00000160. The first-order valence-electron chi connectivity index (χ1n) is 9.95. The summed E-state index contributed by atoms with van der Waals surface area (Å²) in [7, 11) is 0. The van der Waals surface area contributed by atoms with Crippen LogP contribution in [0.3, 0.4) is 0 Å². The number of nitrogens with zero attached hydrogens (tertiary/aromatic N) is 3. The van der Waals surface area contributed by atoms with Crippen LogP contribution in [-0.2, 0) is 17.6 Å². The Morgan fingerprint density at radius 1 is 1.03 bits per heavy atom. The lowest BCUT2D eigenvalue weighted by Gasteiger charge is -2.39. The minimum Gasteiger partial charge on any atom is -0.412 e. The van der Waals surface area contributed by atoms with E-state index in [1.54, 1.807) is 18.2 Å². The first-order chi connectivity index (χ1) is 13.6. The van der Waals surface area contributed by atoms with Gasteiger partial charge in [0.2, 0.25) is 5.91 Å². The largest absolute Gasteiger partial charge is 0.412 e. The molecule has 2 N–H and O–H groups in total. The van der Waals surface area contributed by atoms with Crippen molar-refractivity contribution in [3.63, 3.8) is 0 Å². The van der Waals surface area contributed by atoms with Gasteiger partial charge in [-0.2, -0.15) is 0 Å². The van der Waals surface area contributed by atoms with E-state index in [-0.39, 0.29) is 41.9 Å². The lowest BCUT2D eigenvalue weighted by Crippen LogP contribution is -2.45. The Bertz CT molecular complexity index is 886. The van der Waals surface area contributed by atoms with Gasteiger partial charge in [-0.3, -0.25) is 14.9 Å². The van der Waals surface area contributed by atoms with E-state index in [0.29, 0.717) is 12.1 Å². The van der Waals surface area contributed by atoms with Crippen molar-refractivity contribution in [1.82, 2.24) is 9.80 Å². The van der Waals surface area contributed by atoms with Crippen molar-refractivity contribution in [3.8, 4) is 0 Å². The highest BCUT2D eigenvalue weighted by molar-refractivity contribution is 5.85. The molecular formula is C22H28ClN3O4. The number of halogens is 1. The molecule has 2 aliphatic heterocycles. The maximum atomic E-state index is 13.2. The molecule has 0 saturated carbocycles. The fourth-order valence-corrected chi connectivity index (χ4v) is 4.46. The van der Waals surface area contributed by atoms with Gasteiger partial charge in [-0.05, 0) is 43.5 Å². The predicted octanol–water partition coefficient (Wildman–Crippen LogP) is 2.96. The maximum absolute atomic E-state index is 13.2. The van der Waals surface area contributed by atoms with Crippen molar-refractivity contribution in [2.24, 2.45) is 0 Å². The summed E-state index contributed by atoms with van der Waals surface area (Å²) in [5.41, 5.74) is 3.03. The topological polar surface area (TPSA) is 98.2 Å². The number of hydrogen-bond donors (Lipinski definition) is 0. The highest BCUT2D eigenvalue weighted by Gasteiger charge is 2.33. The second-order valence-corrected chi connectivity index (χ2v) is 7.62. The van der Waals surface area contributed by atoms with Gasteiger partial charge < -0.3 is 15.3 Å². The highest BCUT2D eigenvalue weighted by atomic mass is 35.5. The molecule has 2 aromatic carbocycles. The smallest absolute Gasteiger partial charge is 0.273 e. The minimum absolute atomic E-state index is 0. The number of rotatable bonds is 5. The summed E-state index contributed by atoms with van der Waals surface area (Å²) in [4.78, 5) is 28.5. The quantitative estimate of drug-likeness (QED) is 0.534. The van der Waals surface area contributed by atoms with E-state index in [1.807, 2.05) is 11.0 Å². The van der Waals surface area contributed by atoms with Crippen LogP contribution in [0.1, 0.15) is 35.6 Å². The molecule has 1 unspecified atom stereocenters. The first-order valence-corrected chi connectivity index (χ1v) is 9.95. The Kier molecular flexibility index (Phi) is 8.34. The number of carbonyl (C=O) groups excluding carboxylic acids is 1. The van der Waals surface area contributed by atoms with Crippen LogP contribution in [0.4, 0.5) is 5.69 Å². The van der Waals surface area contributed by atoms with E-state index in [4.69, 9.17) is 0 Å². The van der Waals surface area contributed by atoms with E-state index in [9.17, 15) is 14.9 Å². The molecule has 0 radical (unpaired) electrons. The Hall–Kier alpha value is -2.48. The van der Waals surface area contributed by atoms with Gasteiger partial charge in [0.25, 0.3) is 5.69 Å². The number of para-hydroxylation sites is 1. The molecule has 8 heteroatoms. The van der Waals surface area contributed by atoms with Gasteiger partial charge in [0.1, 0.15) is 0 Å². The number of nitro benzene ring substituents is 1. The van der Waals surface area contributed by atoms with Gasteiger partial charge >= 0.3 is 0 Å². The van der Waals surface area contributed by atoms with Crippen LogP contribution < -0.4 is 0 Å². The predicted molar refractivity (Wildman–Crippen MR) is 118 cm³/mol. The number of carbonyl (C=O) groups is 1. The van der Waals surface area contributed by atoms with Crippen molar-refractivity contribution < 1.29 is 15.2 Å². The summed E-state index contributed by atoms with van der Waals surface area (Å²) in [5.74, 6) is -0.0343. The summed E-state index contributed by atoms with van der Waals surface area (Å²) in [5, 5.41) is 11.3. The molecule has 1 fully saturated rings. The number of hydrogen-bond acceptors (Lipinski definition) is 4. The SMILES string of the molecule is Cl.O.O=C(Cc1ccccc1[N+](=O)[O-])N1CCc2ccccc2C1CN1CCCC1. The van der Waals surface area contributed by atoms with Crippen LogP contribution in [0, 0.1) is 10.1 Å². The summed E-state index contributed by atoms with van der Waals surface area (Å²) in [6, 6.07) is 14.9. The Morgan fingerprint density at radius 2 is 1.70 bits per heavy atom. The Labute approximate surface area is 182 Å². The van der Waals surface area contributed by atoms with Crippen LogP contribution in [0.5, 0.6) is 0 Å². The molecular weight excluding hydrogens is 406 g/mol. The average molecular weight is 434 g/mol. The highest BCUT2D eigenvalue weighted by Crippen LogP contribution is 2.32. The monoisotopic (exact) mass is 433 g/mol. The van der Waals surface area contributed by atoms with Gasteiger partial charge in [-0.15, -0.1) is 12.4 Å². The van der Waals surface area contributed by atoms with E-state index in [1.165, 1.54) is 30.0 Å². The van der Waals surface area contributed by atoms with Crippen LogP contribution in [0.25, 0.3) is 0 Å². The molecule has 2 aromatic rings. The third kappa shape index (κ3) is 4.98. The molecule has 0 spiro atoms. The first kappa shape index (κ1) is 23.8. The van der Waals surface area contributed by atoms with Crippen LogP contribution in [-0.4, -0.2) is 52.3 Å². The molecule has 1 atom stereocenters. The molecule has 0 aliphatic carbocycles. The summed E-state index contributed by atoms with van der Waals surface area (Å²) in [6.07, 6.45) is 3.31. The average Bonchev–Trinajstić information content (AvgIpc) is 3.21. The third-order valence-electron chi connectivity index (χ3n) is 5.89. The standard InChI is InChI=1S/C22H25N3O3.ClH.H2O/c26-22(15-18-8-2-4-10-20(18)25(27)28)24-14-11-17-7-1-3-9-19(17)21(24)16-23-12-5-6-13-23;;/h1-4,7-10,21H,5-6,11-16H2;1H;1H2. The summed E-state index contributed by atoms with van der Waals surface area (Å²) >= 11 is 0. The molecule has 1 saturated heterocycles. The minimum atomic E-state index is -0.407. The molecule has 4 rings (SSSR count). The molecule has 1 amide bonds. The molecule has 2 heterocycles. The van der Waals surface area contributed by atoms with E-state index >= 15 is 0 Å². The zero-order valence-electron chi connectivity index (χ0n) is 16.8. The molecule has 0 bridgehead atoms. The van der Waals surface area contributed by atoms with E-state index < -0.39 is 4.92 Å². The van der Waals surface area contributed by atoms with E-state index in [0.717, 1.165) is 26.1 Å². The zero-order chi connectivity index (χ0) is 19.5. The summed E-state index contributed by atoms with van der Waals surface area (Å²) in [6.45, 7) is 3.64. The summed E-state index contributed by atoms with van der Waals surface area (Å²) < 4.78 is 0. The molecule has 2 aliphatic rings. The number of nitro groups is 1.